The molecule has 0 saturated carbocycles. The number of carbonyl (C=O) groups is 2. The van der Waals surface area contributed by atoms with Crippen LogP contribution >= 0.6 is 0 Å². The van der Waals surface area contributed by atoms with Crippen LogP contribution in [0.2, 0.25) is 0 Å². The van der Waals surface area contributed by atoms with E-state index in [-0.39, 0.29) is 11.3 Å². The molecule has 5 nitrogen and oxygen atoms in total. The molecular formula is C28H27NO4. The third kappa shape index (κ3) is 3.91. The van der Waals surface area contributed by atoms with E-state index < -0.39 is 17.7 Å². The number of anilines is 1. The van der Waals surface area contributed by atoms with Gasteiger partial charge < -0.3 is 9.84 Å². The van der Waals surface area contributed by atoms with E-state index in [0.717, 1.165) is 23.1 Å². The summed E-state index contributed by atoms with van der Waals surface area (Å²) in [5.41, 5.74) is 4.83. The number of ketones is 1. The molecule has 0 spiro atoms. The Morgan fingerprint density at radius 3 is 2.33 bits per heavy atom. The van der Waals surface area contributed by atoms with E-state index >= 15 is 0 Å². The highest BCUT2D eigenvalue weighted by atomic mass is 16.5. The van der Waals surface area contributed by atoms with Crippen molar-refractivity contribution < 1.29 is 19.4 Å². The number of aryl methyl sites for hydroxylation is 3. The maximum absolute atomic E-state index is 13.4. The lowest BCUT2D eigenvalue weighted by molar-refractivity contribution is -0.132. The van der Waals surface area contributed by atoms with Gasteiger partial charge in [0.15, 0.2) is 0 Å². The molecule has 0 radical (unpaired) electrons. The molecule has 1 aliphatic rings. The van der Waals surface area contributed by atoms with Crippen molar-refractivity contribution in [3.63, 3.8) is 0 Å². The van der Waals surface area contributed by atoms with Crippen LogP contribution in [0.15, 0.2) is 72.3 Å². The van der Waals surface area contributed by atoms with Crippen molar-refractivity contribution in [3.8, 4) is 5.75 Å². The normalized spacial score (nSPS) is 17.5. The summed E-state index contributed by atoms with van der Waals surface area (Å²) in [6.45, 7) is 5.93. The van der Waals surface area contributed by atoms with Crippen molar-refractivity contribution in [3.05, 3.63) is 100 Å². The third-order valence-electron chi connectivity index (χ3n) is 6.13. The Morgan fingerprint density at radius 1 is 1.00 bits per heavy atom. The number of aliphatic hydroxyl groups is 1. The Labute approximate surface area is 193 Å². The maximum atomic E-state index is 13.4. The molecule has 1 saturated heterocycles. The topological polar surface area (TPSA) is 66.8 Å². The molecule has 4 rings (SSSR count). The largest absolute Gasteiger partial charge is 0.507 e. The molecule has 3 aromatic rings. The summed E-state index contributed by atoms with van der Waals surface area (Å²) in [5, 5.41) is 11.3. The Balaban J connectivity index is 1.98. The lowest BCUT2D eigenvalue weighted by atomic mass is 9.94. The monoisotopic (exact) mass is 441 g/mol. The van der Waals surface area contributed by atoms with Crippen LogP contribution in [0.5, 0.6) is 5.75 Å². The first-order valence-corrected chi connectivity index (χ1v) is 11.0. The first kappa shape index (κ1) is 22.3. The van der Waals surface area contributed by atoms with Crippen LogP contribution in [0.1, 0.15) is 40.8 Å². The Bertz CT molecular complexity index is 1260. The van der Waals surface area contributed by atoms with E-state index in [4.69, 9.17) is 4.74 Å². The van der Waals surface area contributed by atoms with E-state index in [1.165, 1.54) is 4.90 Å². The summed E-state index contributed by atoms with van der Waals surface area (Å²) in [7, 11) is 1.55. The van der Waals surface area contributed by atoms with Gasteiger partial charge in [0.1, 0.15) is 11.5 Å². The molecule has 1 atom stereocenters. The molecule has 1 heterocycles. The van der Waals surface area contributed by atoms with Gasteiger partial charge in [0, 0.05) is 16.8 Å². The fraction of sp³-hybridized carbons (Fsp3) is 0.214. The maximum Gasteiger partial charge on any atom is 0.300 e. The Hall–Kier alpha value is -3.86. The molecule has 168 valence electrons. The minimum atomic E-state index is -0.826. The van der Waals surface area contributed by atoms with E-state index in [0.29, 0.717) is 22.6 Å². The number of methoxy groups -OCH3 is 1. The second-order valence-corrected chi connectivity index (χ2v) is 8.25. The summed E-state index contributed by atoms with van der Waals surface area (Å²) < 4.78 is 5.57. The van der Waals surface area contributed by atoms with Crippen LogP contribution in [0.4, 0.5) is 5.69 Å². The molecular weight excluding hydrogens is 414 g/mol. The smallest absolute Gasteiger partial charge is 0.300 e. The lowest BCUT2D eigenvalue weighted by Gasteiger charge is -2.28. The number of para-hydroxylation sites is 1. The fourth-order valence-corrected chi connectivity index (χ4v) is 4.40. The van der Waals surface area contributed by atoms with E-state index in [1.54, 1.807) is 25.3 Å². The average Bonchev–Trinajstić information content (AvgIpc) is 3.09. The van der Waals surface area contributed by atoms with Crippen LogP contribution in [0.3, 0.4) is 0 Å². The number of rotatable bonds is 5. The summed E-state index contributed by atoms with van der Waals surface area (Å²) in [6, 6.07) is 19.5. The predicted octanol–water partition coefficient (Wildman–Crippen LogP) is 5.50. The van der Waals surface area contributed by atoms with Crippen molar-refractivity contribution in [2.24, 2.45) is 0 Å². The molecule has 0 aliphatic carbocycles. The highest BCUT2D eigenvalue weighted by molar-refractivity contribution is 6.51. The van der Waals surface area contributed by atoms with Crippen molar-refractivity contribution in [1.82, 2.24) is 0 Å². The van der Waals surface area contributed by atoms with Gasteiger partial charge in [-0.15, -0.1) is 0 Å². The molecule has 0 aromatic heterocycles. The molecule has 0 bridgehead atoms. The van der Waals surface area contributed by atoms with Crippen LogP contribution in [0, 0.1) is 13.8 Å². The van der Waals surface area contributed by atoms with E-state index in [1.807, 2.05) is 69.3 Å². The van der Waals surface area contributed by atoms with Crippen LogP contribution in [-0.4, -0.2) is 23.9 Å². The highest BCUT2D eigenvalue weighted by Crippen LogP contribution is 2.45. The minimum absolute atomic E-state index is 0.0497. The Kier molecular flexibility index (Phi) is 6.05. The first-order chi connectivity index (χ1) is 15.9. The fourth-order valence-electron chi connectivity index (χ4n) is 4.40. The lowest BCUT2D eigenvalue weighted by Crippen LogP contribution is -2.30. The summed E-state index contributed by atoms with van der Waals surface area (Å²) in [6.07, 6.45) is 0.860. The van der Waals surface area contributed by atoms with Gasteiger partial charge in [0.25, 0.3) is 11.7 Å². The van der Waals surface area contributed by atoms with Crippen molar-refractivity contribution in [1.29, 1.82) is 0 Å². The highest BCUT2D eigenvalue weighted by Gasteiger charge is 2.48. The number of benzene rings is 3. The first-order valence-electron chi connectivity index (χ1n) is 11.0. The van der Waals surface area contributed by atoms with Gasteiger partial charge in [0.05, 0.1) is 18.7 Å². The molecule has 1 unspecified atom stereocenters. The molecule has 33 heavy (non-hydrogen) atoms. The number of nitrogens with zero attached hydrogens (tertiary/aromatic N) is 1. The Morgan fingerprint density at radius 2 is 1.70 bits per heavy atom. The number of aliphatic hydroxyl groups excluding tert-OH is 1. The van der Waals surface area contributed by atoms with Crippen LogP contribution in [0.25, 0.3) is 5.76 Å². The van der Waals surface area contributed by atoms with Crippen molar-refractivity contribution >= 4 is 23.1 Å². The number of ether oxygens (including phenoxy) is 1. The van der Waals surface area contributed by atoms with Gasteiger partial charge in [-0.05, 0) is 43.5 Å². The zero-order valence-electron chi connectivity index (χ0n) is 19.3. The van der Waals surface area contributed by atoms with Crippen LogP contribution in [-0.2, 0) is 16.0 Å². The number of hydrogen-bond donors (Lipinski definition) is 1. The number of amides is 1. The SMILES string of the molecule is CCc1ccc(/C(O)=C2\C(=O)C(=O)N(c3ccc(C)cc3C)C2c2ccccc2OC)cc1. The molecule has 5 heteroatoms. The van der Waals surface area contributed by atoms with Gasteiger partial charge in [0.2, 0.25) is 0 Å². The molecule has 1 N–H and O–H groups in total. The standard InChI is InChI=1S/C28H27NO4/c1-5-19-11-13-20(14-12-19)26(30)24-25(21-8-6-7-9-23(21)33-4)29(28(32)27(24)31)22-15-10-17(2)16-18(22)3/h6-16,25,30H,5H2,1-4H3/b26-24+. The molecule has 1 aliphatic heterocycles. The van der Waals surface area contributed by atoms with Crippen LogP contribution < -0.4 is 9.64 Å². The zero-order valence-corrected chi connectivity index (χ0v) is 19.3. The summed E-state index contributed by atoms with van der Waals surface area (Å²) in [4.78, 5) is 28.2. The van der Waals surface area contributed by atoms with Gasteiger partial charge in [-0.2, -0.15) is 0 Å². The van der Waals surface area contributed by atoms with Crippen molar-refractivity contribution in [2.75, 3.05) is 12.0 Å². The van der Waals surface area contributed by atoms with Crippen molar-refractivity contribution in [2.45, 2.75) is 33.2 Å². The minimum Gasteiger partial charge on any atom is -0.507 e. The average molecular weight is 442 g/mol. The van der Waals surface area contributed by atoms with Gasteiger partial charge in [-0.1, -0.05) is 67.1 Å². The summed E-state index contributed by atoms with van der Waals surface area (Å²) >= 11 is 0. The second kappa shape index (κ2) is 8.94. The van der Waals surface area contributed by atoms with Gasteiger partial charge in [-0.3, -0.25) is 14.5 Å². The summed E-state index contributed by atoms with van der Waals surface area (Å²) in [5.74, 6) is -1.06. The van der Waals surface area contributed by atoms with E-state index in [2.05, 4.69) is 0 Å². The quantitative estimate of drug-likeness (QED) is 0.322. The molecule has 1 amide bonds. The number of hydrogen-bond acceptors (Lipinski definition) is 4. The van der Waals surface area contributed by atoms with Gasteiger partial charge in [-0.25, -0.2) is 0 Å². The van der Waals surface area contributed by atoms with E-state index in [9.17, 15) is 14.7 Å². The number of Topliss-reactive ketones (excluding diaryl/α,β-unsaturated/α-hetero) is 1. The predicted molar refractivity (Wildman–Crippen MR) is 130 cm³/mol. The molecule has 1 fully saturated rings. The third-order valence-corrected chi connectivity index (χ3v) is 6.13. The number of carbonyl (C=O) groups excluding carboxylic acids is 2. The zero-order chi connectivity index (χ0) is 23.7. The van der Waals surface area contributed by atoms with Gasteiger partial charge >= 0.3 is 0 Å². The second-order valence-electron chi connectivity index (χ2n) is 8.25. The molecule has 3 aromatic carbocycles.